The van der Waals surface area contributed by atoms with Gasteiger partial charge in [0.1, 0.15) is 0 Å². The fraction of sp³-hybridized carbons (Fsp3) is 0. The molecule has 0 atom stereocenters. The molecule has 0 bridgehead atoms. The van der Waals surface area contributed by atoms with Crippen LogP contribution in [0.15, 0.2) is 32.8 Å². The fourth-order valence-electron chi connectivity index (χ4n) is 0.647. The molecule has 0 saturated heterocycles. The molecule has 1 aromatic rings. The predicted molar refractivity (Wildman–Crippen MR) is 57.2 cm³/mol. The smallest absolute Gasteiger partial charge is 0.0175 e. The Morgan fingerprint density at radius 3 is 2.30 bits per heavy atom. The zero-order valence-corrected chi connectivity index (χ0v) is 8.96. The van der Waals surface area contributed by atoms with Gasteiger partial charge in [0.15, 0.2) is 0 Å². The second-order valence-corrected chi connectivity index (χ2v) is 3.48. The Balaban J connectivity index is 2.89. The van der Waals surface area contributed by atoms with Crippen LogP contribution in [0.25, 0.3) is 6.08 Å². The normalized spacial score (nSPS) is 10.6. The largest absolute Gasteiger partial charge is 0.0538 e. The summed E-state index contributed by atoms with van der Waals surface area (Å²) in [5.41, 5.74) is 1.23. The van der Waals surface area contributed by atoms with Crippen LogP contribution in [0.2, 0.25) is 0 Å². The zero-order valence-electron chi connectivity index (χ0n) is 5.22. The predicted octanol–water partition coefficient (Wildman–Crippen LogP) is 3.85. The zero-order chi connectivity index (χ0) is 7.40. The Kier molecular flexibility index (Phi) is 3.42. The summed E-state index contributed by atoms with van der Waals surface area (Å²) in [6.07, 6.45) is 2.06. The molecule has 1 rings (SSSR count). The molecular weight excluding hydrogens is 303 g/mol. The van der Waals surface area contributed by atoms with Crippen LogP contribution in [0.4, 0.5) is 0 Å². The van der Waals surface area contributed by atoms with Gasteiger partial charge in [-0.3, -0.25) is 0 Å². The number of hydrogen-bond acceptors (Lipinski definition) is 0. The van der Waals surface area contributed by atoms with Gasteiger partial charge in [-0.25, -0.2) is 0 Å². The van der Waals surface area contributed by atoms with Gasteiger partial charge >= 0.3 is 0 Å². The van der Waals surface area contributed by atoms with Crippen LogP contribution >= 0.6 is 38.5 Å². The lowest BCUT2D eigenvalue weighted by Crippen LogP contribution is -1.68. The van der Waals surface area contributed by atoms with Gasteiger partial charge in [0.2, 0.25) is 0 Å². The molecule has 0 amide bonds. The topological polar surface area (TPSA) is 0 Å². The van der Waals surface area contributed by atoms with Gasteiger partial charge in [-0.15, -0.1) is 0 Å². The van der Waals surface area contributed by atoms with Crippen molar-refractivity contribution in [3.8, 4) is 0 Å². The van der Waals surface area contributed by atoms with Gasteiger partial charge in [-0.05, 0) is 27.9 Å². The second-order valence-electron chi connectivity index (χ2n) is 1.84. The van der Waals surface area contributed by atoms with E-state index >= 15 is 0 Å². The van der Waals surface area contributed by atoms with E-state index in [1.807, 2.05) is 16.2 Å². The Morgan fingerprint density at radius 1 is 1.20 bits per heavy atom. The second kappa shape index (κ2) is 4.13. The van der Waals surface area contributed by atoms with Gasteiger partial charge in [0.25, 0.3) is 0 Å². The average molecular weight is 309 g/mol. The Hall–Kier alpha value is 0.170. The van der Waals surface area contributed by atoms with Crippen molar-refractivity contribution in [3.63, 3.8) is 0 Å². The first kappa shape index (κ1) is 8.27. The summed E-state index contributed by atoms with van der Waals surface area (Å²) >= 11 is 5.58. The summed E-state index contributed by atoms with van der Waals surface area (Å²) in [4.78, 5) is 0. The third-order valence-electron chi connectivity index (χ3n) is 1.13. The molecule has 2 heteroatoms. The van der Waals surface area contributed by atoms with Crippen LogP contribution in [0.1, 0.15) is 5.56 Å². The molecule has 0 aliphatic rings. The molecule has 0 nitrogen and oxygen atoms in total. The van der Waals surface area contributed by atoms with E-state index in [1.165, 1.54) is 5.56 Å². The molecule has 1 aromatic carbocycles. The quantitative estimate of drug-likeness (QED) is 0.691. The minimum absolute atomic E-state index is 1.12. The number of halogens is 2. The molecule has 0 aliphatic carbocycles. The summed E-state index contributed by atoms with van der Waals surface area (Å²) < 4.78 is 3.12. The van der Waals surface area contributed by atoms with Gasteiger partial charge < -0.3 is 0 Å². The van der Waals surface area contributed by atoms with E-state index in [1.54, 1.807) is 0 Å². The first-order chi connectivity index (χ1) is 4.83. The monoisotopic (exact) mass is 308 g/mol. The lowest BCUT2D eigenvalue weighted by molar-refractivity contribution is 1.62. The lowest BCUT2D eigenvalue weighted by Gasteiger charge is -1.90. The highest BCUT2D eigenvalue weighted by Crippen LogP contribution is 2.11. The van der Waals surface area contributed by atoms with Gasteiger partial charge in [-0.2, -0.15) is 0 Å². The molecular formula is C8H6BrI. The van der Waals surface area contributed by atoms with Crippen LogP contribution in [-0.4, -0.2) is 0 Å². The Bertz CT molecular complexity index is 226. The van der Waals surface area contributed by atoms with Crippen molar-refractivity contribution in [1.82, 2.24) is 0 Å². The third kappa shape index (κ3) is 2.42. The lowest BCUT2D eigenvalue weighted by atomic mass is 10.2. The fourth-order valence-corrected chi connectivity index (χ4v) is 1.33. The van der Waals surface area contributed by atoms with E-state index in [0.717, 1.165) is 4.47 Å². The maximum atomic E-state index is 3.37. The first-order valence-electron chi connectivity index (χ1n) is 2.85. The number of benzene rings is 1. The molecule has 0 N–H and O–H groups in total. The van der Waals surface area contributed by atoms with Gasteiger partial charge in [0.05, 0.1) is 0 Å². The molecule has 10 heavy (non-hydrogen) atoms. The summed E-state index contributed by atoms with van der Waals surface area (Å²) in [6.45, 7) is 0. The molecule has 0 aliphatic heterocycles. The number of hydrogen-bond donors (Lipinski definition) is 0. The Labute approximate surface area is 82.6 Å². The SMILES string of the molecule is Brc1ccc(/C=C/I)cc1. The van der Waals surface area contributed by atoms with Crippen molar-refractivity contribution in [2.75, 3.05) is 0 Å². The summed E-state index contributed by atoms with van der Waals surface area (Å²) in [5, 5.41) is 0. The van der Waals surface area contributed by atoms with E-state index in [-0.39, 0.29) is 0 Å². The van der Waals surface area contributed by atoms with Crippen molar-refractivity contribution in [1.29, 1.82) is 0 Å². The van der Waals surface area contributed by atoms with Crippen molar-refractivity contribution in [2.45, 2.75) is 0 Å². The molecule has 0 unspecified atom stereocenters. The molecule has 0 heterocycles. The molecule has 0 saturated carbocycles. The standard InChI is InChI=1S/C8H6BrI/c9-8-3-1-7(2-4-8)5-6-10/h1-6H/b6-5+. The van der Waals surface area contributed by atoms with Crippen LogP contribution in [0.3, 0.4) is 0 Å². The summed E-state index contributed by atoms with van der Waals surface area (Å²) in [7, 11) is 0. The van der Waals surface area contributed by atoms with Crippen molar-refractivity contribution < 1.29 is 0 Å². The van der Waals surface area contributed by atoms with Crippen LogP contribution < -0.4 is 0 Å². The minimum Gasteiger partial charge on any atom is -0.0538 e. The van der Waals surface area contributed by atoms with Gasteiger partial charge in [0, 0.05) is 4.47 Å². The van der Waals surface area contributed by atoms with E-state index in [9.17, 15) is 0 Å². The van der Waals surface area contributed by atoms with Crippen molar-refractivity contribution in [3.05, 3.63) is 38.4 Å². The molecule has 0 aromatic heterocycles. The van der Waals surface area contributed by atoms with Crippen molar-refractivity contribution in [2.24, 2.45) is 0 Å². The van der Waals surface area contributed by atoms with E-state index in [2.05, 4.69) is 56.7 Å². The van der Waals surface area contributed by atoms with E-state index in [0.29, 0.717) is 0 Å². The average Bonchev–Trinajstić information content (AvgIpc) is 1.95. The van der Waals surface area contributed by atoms with Crippen LogP contribution in [0.5, 0.6) is 0 Å². The molecule has 0 radical (unpaired) electrons. The van der Waals surface area contributed by atoms with Crippen LogP contribution in [-0.2, 0) is 0 Å². The highest BCUT2D eigenvalue weighted by molar-refractivity contribution is 14.1. The highest BCUT2D eigenvalue weighted by Gasteiger charge is 1.84. The van der Waals surface area contributed by atoms with Gasteiger partial charge in [-0.1, -0.05) is 50.7 Å². The molecule has 52 valence electrons. The maximum Gasteiger partial charge on any atom is 0.0175 e. The summed E-state index contributed by atoms with van der Waals surface area (Å²) in [6, 6.07) is 8.20. The maximum absolute atomic E-state index is 3.37. The van der Waals surface area contributed by atoms with E-state index < -0.39 is 0 Å². The first-order valence-corrected chi connectivity index (χ1v) is 4.89. The highest BCUT2D eigenvalue weighted by atomic mass is 127. The third-order valence-corrected chi connectivity index (χ3v) is 2.01. The minimum atomic E-state index is 1.12. The van der Waals surface area contributed by atoms with Crippen molar-refractivity contribution >= 4 is 44.6 Å². The molecule has 0 fully saturated rings. The van der Waals surface area contributed by atoms with E-state index in [4.69, 9.17) is 0 Å². The summed E-state index contributed by atoms with van der Waals surface area (Å²) in [5.74, 6) is 0. The Morgan fingerprint density at radius 2 is 1.80 bits per heavy atom. The van der Waals surface area contributed by atoms with Crippen LogP contribution in [0, 0.1) is 0 Å². The number of rotatable bonds is 1. The molecule has 0 spiro atoms.